The van der Waals surface area contributed by atoms with Crippen LogP contribution in [-0.2, 0) is 16.0 Å². The van der Waals surface area contributed by atoms with Crippen LogP contribution in [0.25, 0.3) is 0 Å². The lowest BCUT2D eigenvalue weighted by Gasteiger charge is -2.39. The number of amides is 2. The van der Waals surface area contributed by atoms with E-state index in [1.807, 2.05) is 13.0 Å². The standard InChI is InChI=1S/C21H33N3O.C6H9NO2/c1-4-16(2)11-19-12-20(5-6-21(19)17(3)25)24-9-7-23(8-10-24)15-18-13-22-14-18;1-4-2-3-5(8)7-6(4)9/h5-6,12,16,18,22H,4,7-11,13-15H2,1-3H3;4H,2-3H2,1H3,(H,7,8,9). The molecule has 188 valence electrons. The van der Waals surface area contributed by atoms with Gasteiger partial charge in [-0.2, -0.15) is 0 Å². The van der Waals surface area contributed by atoms with Gasteiger partial charge in [-0.15, -0.1) is 0 Å². The lowest BCUT2D eigenvalue weighted by Crippen LogP contribution is -2.53. The third kappa shape index (κ3) is 7.37. The molecule has 2 atom stereocenters. The van der Waals surface area contributed by atoms with Crippen LogP contribution in [0.1, 0.15) is 62.9 Å². The maximum Gasteiger partial charge on any atom is 0.229 e. The minimum atomic E-state index is -0.141. The normalized spacial score (nSPS) is 22.4. The van der Waals surface area contributed by atoms with Crippen molar-refractivity contribution in [2.24, 2.45) is 17.8 Å². The molecule has 3 aliphatic heterocycles. The Labute approximate surface area is 204 Å². The van der Waals surface area contributed by atoms with Crippen LogP contribution >= 0.6 is 0 Å². The monoisotopic (exact) mass is 470 g/mol. The molecule has 3 saturated heterocycles. The van der Waals surface area contributed by atoms with Crippen LogP contribution < -0.4 is 15.5 Å². The molecule has 0 radical (unpaired) electrons. The van der Waals surface area contributed by atoms with Gasteiger partial charge < -0.3 is 10.2 Å². The number of nitrogens with zero attached hydrogens (tertiary/aromatic N) is 2. The van der Waals surface area contributed by atoms with Crippen LogP contribution in [0.5, 0.6) is 0 Å². The minimum Gasteiger partial charge on any atom is -0.369 e. The summed E-state index contributed by atoms with van der Waals surface area (Å²) in [5, 5.41) is 5.61. The predicted octanol–water partition coefficient (Wildman–Crippen LogP) is 2.88. The molecule has 2 amide bonds. The summed E-state index contributed by atoms with van der Waals surface area (Å²) in [6, 6.07) is 6.46. The van der Waals surface area contributed by atoms with E-state index in [4.69, 9.17) is 0 Å². The summed E-state index contributed by atoms with van der Waals surface area (Å²) in [6.45, 7) is 16.1. The third-order valence-electron chi connectivity index (χ3n) is 7.37. The maximum atomic E-state index is 12.0. The van der Waals surface area contributed by atoms with Crippen molar-refractivity contribution in [3.05, 3.63) is 29.3 Å². The van der Waals surface area contributed by atoms with Gasteiger partial charge in [-0.25, -0.2) is 0 Å². The molecule has 4 rings (SSSR count). The van der Waals surface area contributed by atoms with Gasteiger partial charge in [0.25, 0.3) is 0 Å². The van der Waals surface area contributed by atoms with Crippen molar-refractivity contribution in [2.75, 3.05) is 50.7 Å². The number of anilines is 1. The highest BCUT2D eigenvalue weighted by atomic mass is 16.2. The van der Waals surface area contributed by atoms with E-state index in [2.05, 4.69) is 46.4 Å². The van der Waals surface area contributed by atoms with Crippen molar-refractivity contribution in [3.63, 3.8) is 0 Å². The highest BCUT2D eigenvalue weighted by Gasteiger charge is 2.24. The van der Waals surface area contributed by atoms with Gasteiger partial charge in [-0.3, -0.25) is 24.6 Å². The predicted molar refractivity (Wildman–Crippen MR) is 136 cm³/mol. The van der Waals surface area contributed by atoms with Crippen molar-refractivity contribution >= 4 is 23.3 Å². The van der Waals surface area contributed by atoms with Crippen LogP contribution in [0.3, 0.4) is 0 Å². The molecule has 3 heterocycles. The number of hydrogen-bond acceptors (Lipinski definition) is 6. The molecule has 3 fully saturated rings. The number of rotatable bonds is 7. The number of benzene rings is 1. The van der Waals surface area contributed by atoms with Gasteiger partial charge in [0.1, 0.15) is 0 Å². The molecule has 1 aromatic rings. The molecular weight excluding hydrogens is 428 g/mol. The number of imide groups is 1. The number of piperidine rings is 1. The highest BCUT2D eigenvalue weighted by Crippen LogP contribution is 2.25. The Kier molecular flexibility index (Phi) is 9.65. The number of nitrogens with one attached hydrogen (secondary N) is 2. The highest BCUT2D eigenvalue weighted by molar-refractivity contribution is 5.98. The number of piperazine rings is 1. The van der Waals surface area contributed by atoms with Crippen molar-refractivity contribution in [2.45, 2.75) is 53.4 Å². The Bertz CT molecular complexity index is 859. The van der Waals surface area contributed by atoms with Gasteiger partial charge in [0.2, 0.25) is 11.8 Å². The second-order valence-electron chi connectivity index (χ2n) is 10.3. The number of carbonyl (C=O) groups is 3. The zero-order valence-corrected chi connectivity index (χ0v) is 21.4. The summed E-state index contributed by atoms with van der Waals surface area (Å²) in [5.41, 5.74) is 3.41. The smallest absolute Gasteiger partial charge is 0.229 e. The third-order valence-corrected chi connectivity index (χ3v) is 7.37. The van der Waals surface area contributed by atoms with E-state index in [0.29, 0.717) is 18.8 Å². The van der Waals surface area contributed by atoms with E-state index in [0.717, 1.165) is 50.5 Å². The Balaban J connectivity index is 0.000000302. The summed E-state index contributed by atoms with van der Waals surface area (Å²) < 4.78 is 0. The minimum absolute atomic E-state index is 0.0164. The maximum absolute atomic E-state index is 12.0. The van der Waals surface area contributed by atoms with E-state index in [1.54, 1.807) is 6.92 Å². The van der Waals surface area contributed by atoms with Crippen molar-refractivity contribution < 1.29 is 14.4 Å². The second-order valence-corrected chi connectivity index (χ2v) is 10.3. The summed E-state index contributed by atoms with van der Waals surface area (Å²) in [7, 11) is 0. The molecule has 0 aromatic heterocycles. The molecule has 7 heteroatoms. The molecule has 3 aliphatic rings. The quantitative estimate of drug-likeness (QED) is 0.471. The second kappa shape index (κ2) is 12.5. The van der Waals surface area contributed by atoms with Gasteiger partial charge >= 0.3 is 0 Å². The average Bonchev–Trinajstić information content (AvgIpc) is 2.79. The zero-order chi connectivity index (χ0) is 24.7. The molecule has 7 nitrogen and oxygen atoms in total. The Morgan fingerprint density at radius 1 is 1.15 bits per heavy atom. The van der Waals surface area contributed by atoms with Gasteiger partial charge in [-0.05, 0) is 55.4 Å². The fourth-order valence-corrected chi connectivity index (χ4v) is 4.64. The van der Waals surface area contributed by atoms with Crippen LogP contribution in [-0.4, -0.2) is 68.3 Å². The molecule has 2 N–H and O–H groups in total. The fraction of sp³-hybridized carbons (Fsp3) is 0.667. The van der Waals surface area contributed by atoms with E-state index >= 15 is 0 Å². The van der Waals surface area contributed by atoms with Gasteiger partial charge in [0.15, 0.2) is 5.78 Å². The number of ketones is 1. The van der Waals surface area contributed by atoms with E-state index in [9.17, 15) is 14.4 Å². The van der Waals surface area contributed by atoms with Crippen molar-refractivity contribution in [1.82, 2.24) is 15.5 Å². The number of Topliss-reactive ketones (excluding diaryl/α,β-unsaturated/α-hetero) is 1. The first-order chi connectivity index (χ1) is 16.3. The molecule has 2 unspecified atom stereocenters. The molecule has 34 heavy (non-hydrogen) atoms. The number of hydrogen-bond donors (Lipinski definition) is 2. The summed E-state index contributed by atoms with van der Waals surface area (Å²) in [5.74, 6) is 1.39. The Morgan fingerprint density at radius 2 is 1.85 bits per heavy atom. The average molecular weight is 471 g/mol. The summed E-state index contributed by atoms with van der Waals surface area (Å²) >= 11 is 0. The molecule has 0 saturated carbocycles. The summed E-state index contributed by atoms with van der Waals surface area (Å²) in [6.07, 6.45) is 3.34. The van der Waals surface area contributed by atoms with E-state index < -0.39 is 0 Å². The lowest BCUT2D eigenvalue weighted by atomic mass is 9.93. The van der Waals surface area contributed by atoms with Crippen LogP contribution in [0.15, 0.2) is 18.2 Å². The molecule has 0 spiro atoms. The van der Waals surface area contributed by atoms with Crippen LogP contribution in [0.2, 0.25) is 0 Å². The van der Waals surface area contributed by atoms with E-state index in [-0.39, 0.29) is 23.5 Å². The number of carbonyl (C=O) groups excluding carboxylic acids is 3. The summed E-state index contributed by atoms with van der Waals surface area (Å²) in [4.78, 5) is 38.2. The fourth-order valence-electron chi connectivity index (χ4n) is 4.64. The molecule has 0 bridgehead atoms. The first kappa shape index (κ1) is 26.4. The zero-order valence-electron chi connectivity index (χ0n) is 21.4. The molecule has 1 aromatic carbocycles. The van der Waals surface area contributed by atoms with Gasteiger partial charge in [0.05, 0.1) is 0 Å². The molecular formula is C27H42N4O3. The van der Waals surface area contributed by atoms with Gasteiger partial charge in [-0.1, -0.05) is 27.2 Å². The topological polar surface area (TPSA) is 81.8 Å². The first-order valence-electron chi connectivity index (χ1n) is 12.9. The first-order valence-corrected chi connectivity index (χ1v) is 12.9. The van der Waals surface area contributed by atoms with Crippen molar-refractivity contribution in [3.8, 4) is 0 Å². The Hall–Kier alpha value is -2.25. The molecule has 0 aliphatic carbocycles. The van der Waals surface area contributed by atoms with Crippen molar-refractivity contribution in [1.29, 1.82) is 0 Å². The van der Waals surface area contributed by atoms with E-state index in [1.165, 1.54) is 30.9 Å². The SMILES string of the molecule is CC1CCC(=O)NC1=O.CCC(C)Cc1cc(N2CCN(CC3CNC3)CC2)ccc1C(C)=O. The lowest BCUT2D eigenvalue weighted by molar-refractivity contribution is -0.135. The largest absolute Gasteiger partial charge is 0.369 e. The van der Waals surface area contributed by atoms with Crippen LogP contribution in [0.4, 0.5) is 5.69 Å². The Morgan fingerprint density at radius 3 is 2.38 bits per heavy atom. The van der Waals surface area contributed by atoms with Crippen LogP contribution in [0, 0.1) is 17.8 Å². The van der Waals surface area contributed by atoms with Gasteiger partial charge in [0, 0.05) is 69.4 Å².